The van der Waals surface area contributed by atoms with Gasteiger partial charge < -0.3 is 18.9 Å². The molecular formula is C20H22O4. The van der Waals surface area contributed by atoms with Crippen molar-refractivity contribution in [3.05, 3.63) is 71.8 Å². The third-order valence-electron chi connectivity index (χ3n) is 4.58. The van der Waals surface area contributed by atoms with E-state index in [4.69, 9.17) is 18.9 Å². The lowest BCUT2D eigenvalue weighted by molar-refractivity contribution is -0.0580. The Labute approximate surface area is 142 Å². The van der Waals surface area contributed by atoms with Gasteiger partial charge in [-0.2, -0.15) is 0 Å². The Morgan fingerprint density at radius 1 is 0.667 bits per heavy atom. The summed E-state index contributed by atoms with van der Waals surface area (Å²) < 4.78 is 23.8. The van der Waals surface area contributed by atoms with Gasteiger partial charge in [0.2, 0.25) is 0 Å². The first-order chi connectivity index (χ1) is 11.9. The maximum Gasteiger partial charge on any atom is 0.115 e. The van der Waals surface area contributed by atoms with E-state index in [1.165, 1.54) is 0 Å². The molecular weight excluding hydrogens is 304 g/mol. The van der Waals surface area contributed by atoms with E-state index >= 15 is 0 Å². The Morgan fingerprint density at radius 2 is 1.08 bits per heavy atom. The molecule has 2 aliphatic heterocycles. The van der Waals surface area contributed by atoms with Crippen LogP contribution in [-0.4, -0.2) is 37.6 Å². The molecule has 2 aromatic rings. The van der Waals surface area contributed by atoms with Gasteiger partial charge >= 0.3 is 0 Å². The summed E-state index contributed by atoms with van der Waals surface area (Å²) in [7, 11) is 0. The molecule has 4 atom stereocenters. The van der Waals surface area contributed by atoms with E-state index in [1.54, 1.807) is 0 Å². The Balaban J connectivity index is 1.29. The molecule has 24 heavy (non-hydrogen) atoms. The zero-order chi connectivity index (χ0) is 16.2. The maximum atomic E-state index is 6.01. The topological polar surface area (TPSA) is 36.9 Å². The SMILES string of the molecule is c1ccc(CO[C@@H]2CO[C@H]3[C@@H]2OC[C@H]3OCc2ccccc2)cc1. The normalized spacial score (nSPS) is 28.8. The summed E-state index contributed by atoms with van der Waals surface area (Å²) in [4.78, 5) is 0. The van der Waals surface area contributed by atoms with E-state index in [9.17, 15) is 0 Å². The Kier molecular flexibility index (Phi) is 4.90. The van der Waals surface area contributed by atoms with Gasteiger partial charge in [-0.15, -0.1) is 0 Å². The fourth-order valence-electron chi connectivity index (χ4n) is 3.27. The predicted molar refractivity (Wildman–Crippen MR) is 89.5 cm³/mol. The van der Waals surface area contributed by atoms with E-state index in [2.05, 4.69) is 24.3 Å². The van der Waals surface area contributed by atoms with Crippen LogP contribution < -0.4 is 0 Å². The first kappa shape index (κ1) is 15.8. The number of hydrogen-bond donors (Lipinski definition) is 0. The van der Waals surface area contributed by atoms with E-state index in [-0.39, 0.29) is 24.4 Å². The average Bonchev–Trinajstić information content (AvgIpc) is 3.22. The first-order valence-corrected chi connectivity index (χ1v) is 8.44. The summed E-state index contributed by atoms with van der Waals surface area (Å²) in [6.45, 7) is 2.29. The average molecular weight is 326 g/mol. The van der Waals surface area contributed by atoms with Crippen LogP contribution in [0.1, 0.15) is 11.1 Å². The molecule has 0 aromatic heterocycles. The van der Waals surface area contributed by atoms with Gasteiger partial charge in [0.05, 0.1) is 26.4 Å². The molecule has 2 saturated heterocycles. The lowest BCUT2D eigenvalue weighted by atomic mass is 10.1. The molecule has 0 spiro atoms. The minimum Gasteiger partial charge on any atom is -0.370 e. The molecule has 0 radical (unpaired) electrons. The molecule has 2 aromatic carbocycles. The zero-order valence-electron chi connectivity index (χ0n) is 13.5. The van der Waals surface area contributed by atoms with Gasteiger partial charge in [-0.1, -0.05) is 60.7 Å². The fourth-order valence-corrected chi connectivity index (χ4v) is 3.27. The van der Waals surface area contributed by atoms with E-state index in [0.29, 0.717) is 26.4 Å². The highest BCUT2D eigenvalue weighted by atomic mass is 16.6. The van der Waals surface area contributed by atoms with Crippen LogP contribution >= 0.6 is 0 Å². The van der Waals surface area contributed by atoms with Gasteiger partial charge in [-0.3, -0.25) is 0 Å². The summed E-state index contributed by atoms with van der Waals surface area (Å²) in [5.41, 5.74) is 2.33. The standard InChI is InChI=1S/C20H22O4/c1-3-7-15(8-4-1)11-21-17-13-23-20-18(14-24-19(17)20)22-12-16-9-5-2-6-10-16/h1-10,17-20H,11-14H2/t17-,18-,19-,20-/m1/s1. The molecule has 0 amide bonds. The van der Waals surface area contributed by atoms with Crippen LogP contribution in [0.25, 0.3) is 0 Å². The van der Waals surface area contributed by atoms with E-state index in [1.807, 2.05) is 36.4 Å². The predicted octanol–water partition coefficient (Wildman–Crippen LogP) is 2.95. The maximum absolute atomic E-state index is 6.01. The van der Waals surface area contributed by atoms with Crippen LogP contribution in [0.2, 0.25) is 0 Å². The highest BCUT2D eigenvalue weighted by Crippen LogP contribution is 2.31. The third-order valence-corrected chi connectivity index (χ3v) is 4.58. The monoisotopic (exact) mass is 326 g/mol. The summed E-state index contributed by atoms with van der Waals surface area (Å²) in [5.74, 6) is 0. The van der Waals surface area contributed by atoms with Gasteiger partial charge in [0.25, 0.3) is 0 Å². The van der Waals surface area contributed by atoms with Crippen LogP contribution in [0.3, 0.4) is 0 Å². The molecule has 2 fully saturated rings. The van der Waals surface area contributed by atoms with Crippen molar-refractivity contribution in [2.45, 2.75) is 37.6 Å². The Bertz CT molecular complexity index is 573. The van der Waals surface area contributed by atoms with Crippen LogP contribution in [-0.2, 0) is 32.2 Å². The quantitative estimate of drug-likeness (QED) is 0.818. The van der Waals surface area contributed by atoms with Crippen molar-refractivity contribution in [1.29, 1.82) is 0 Å². The number of hydrogen-bond acceptors (Lipinski definition) is 4. The number of ether oxygens (including phenoxy) is 4. The third kappa shape index (κ3) is 3.52. The second-order valence-corrected chi connectivity index (χ2v) is 6.27. The summed E-state index contributed by atoms with van der Waals surface area (Å²) in [6, 6.07) is 20.4. The molecule has 2 aliphatic rings. The molecule has 0 aliphatic carbocycles. The van der Waals surface area contributed by atoms with E-state index < -0.39 is 0 Å². The number of benzene rings is 2. The molecule has 0 unspecified atom stereocenters. The second kappa shape index (κ2) is 7.45. The fraction of sp³-hybridized carbons (Fsp3) is 0.400. The molecule has 2 heterocycles. The molecule has 0 N–H and O–H groups in total. The zero-order valence-corrected chi connectivity index (χ0v) is 13.5. The summed E-state index contributed by atoms with van der Waals surface area (Å²) >= 11 is 0. The van der Waals surface area contributed by atoms with Gasteiger partial charge in [0.1, 0.15) is 24.4 Å². The van der Waals surface area contributed by atoms with Crippen LogP contribution in [0.15, 0.2) is 60.7 Å². The van der Waals surface area contributed by atoms with Crippen LogP contribution in [0.4, 0.5) is 0 Å². The van der Waals surface area contributed by atoms with Crippen LogP contribution in [0.5, 0.6) is 0 Å². The van der Waals surface area contributed by atoms with Crippen molar-refractivity contribution in [1.82, 2.24) is 0 Å². The Hall–Kier alpha value is -1.72. The number of rotatable bonds is 6. The minimum absolute atomic E-state index is 0.0273. The highest BCUT2D eigenvalue weighted by molar-refractivity contribution is 5.14. The van der Waals surface area contributed by atoms with Crippen molar-refractivity contribution in [3.63, 3.8) is 0 Å². The molecule has 4 heteroatoms. The van der Waals surface area contributed by atoms with Crippen molar-refractivity contribution >= 4 is 0 Å². The second-order valence-electron chi connectivity index (χ2n) is 6.27. The van der Waals surface area contributed by atoms with Crippen molar-refractivity contribution in [2.75, 3.05) is 13.2 Å². The lowest BCUT2D eigenvalue weighted by Gasteiger charge is -2.17. The molecule has 0 saturated carbocycles. The molecule has 4 rings (SSSR count). The van der Waals surface area contributed by atoms with Gasteiger partial charge in [-0.05, 0) is 11.1 Å². The number of fused-ring (bicyclic) bond motifs is 1. The Morgan fingerprint density at radius 3 is 1.50 bits per heavy atom. The highest BCUT2D eigenvalue weighted by Gasteiger charge is 2.48. The smallest absolute Gasteiger partial charge is 0.115 e. The summed E-state index contributed by atoms with van der Waals surface area (Å²) in [6.07, 6.45) is -0.120. The largest absolute Gasteiger partial charge is 0.370 e. The lowest BCUT2D eigenvalue weighted by Crippen LogP contribution is -2.34. The van der Waals surface area contributed by atoms with Crippen LogP contribution in [0, 0.1) is 0 Å². The van der Waals surface area contributed by atoms with Crippen molar-refractivity contribution in [2.24, 2.45) is 0 Å². The molecule has 126 valence electrons. The summed E-state index contributed by atoms with van der Waals surface area (Å²) in [5, 5.41) is 0. The molecule has 0 bridgehead atoms. The minimum atomic E-state index is -0.0329. The first-order valence-electron chi connectivity index (χ1n) is 8.44. The van der Waals surface area contributed by atoms with Gasteiger partial charge in [0, 0.05) is 0 Å². The van der Waals surface area contributed by atoms with E-state index in [0.717, 1.165) is 11.1 Å². The van der Waals surface area contributed by atoms with Gasteiger partial charge in [0.15, 0.2) is 0 Å². The molecule has 4 nitrogen and oxygen atoms in total. The van der Waals surface area contributed by atoms with Crippen molar-refractivity contribution < 1.29 is 18.9 Å². The van der Waals surface area contributed by atoms with Gasteiger partial charge in [-0.25, -0.2) is 0 Å². The van der Waals surface area contributed by atoms with Crippen molar-refractivity contribution in [3.8, 4) is 0 Å².